The molecule has 0 radical (unpaired) electrons. The molecule has 3 rings (SSSR count). The minimum atomic E-state index is -0.167. The zero-order chi connectivity index (χ0) is 13.5. The number of thiol groups is 1. The summed E-state index contributed by atoms with van der Waals surface area (Å²) in [5, 5.41) is 0. The van der Waals surface area contributed by atoms with E-state index in [0.717, 1.165) is 44.5 Å². The fourth-order valence-corrected chi connectivity index (χ4v) is 4.31. The Kier molecular flexibility index (Phi) is 3.50. The third-order valence-corrected chi connectivity index (χ3v) is 5.69. The normalized spacial score (nSPS) is 30.1. The van der Waals surface area contributed by atoms with E-state index in [4.69, 9.17) is 0 Å². The molecule has 3 fully saturated rings. The van der Waals surface area contributed by atoms with Crippen LogP contribution in [0.3, 0.4) is 0 Å². The van der Waals surface area contributed by atoms with Crippen LogP contribution in [0.25, 0.3) is 0 Å². The Morgan fingerprint density at radius 3 is 2.63 bits per heavy atom. The van der Waals surface area contributed by atoms with Crippen LogP contribution in [-0.2, 0) is 9.59 Å². The molecule has 5 heteroatoms. The van der Waals surface area contributed by atoms with Crippen molar-refractivity contribution in [3.8, 4) is 0 Å². The summed E-state index contributed by atoms with van der Waals surface area (Å²) < 4.78 is 0. The lowest BCUT2D eigenvalue weighted by molar-refractivity contribution is -0.154. The van der Waals surface area contributed by atoms with Crippen LogP contribution in [0.5, 0.6) is 0 Å². The van der Waals surface area contributed by atoms with Gasteiger partial charge >= 0.3 is 0 Å². The summed E-state index contributed by atoms with van der Waals surface area (Å²) in [6, 6.07) is -0.167. The molecule has 0 spiro atoms. The fraction of sp³-hybridized carbons (Fsp3) is 0.857. The van der Waals surface area contributed by atoms with Crippen molar-refractivity contribution in [2.24, 2.45) is 5.41 Å². The van der Waals surface area contributed by atoms with Gasteiger partial charge in [0.05, 0.1) is 6.54 Å². The van der Waals surface area contributed by atoms with Crippen molar-refractivity contribution in [2.75, 3.05) is 25.4 Å². The third kappa shape index (κ3) is 2.26. The number of rotatable bonds is 3. The number of amides is 2. The smallest absolute Gasteiger partial charge is 0.245 e. The van der Waals surface area contributed by atoms with Crippen LogP contribution >= 0.6 is 12.6 Å². The van der Waals surface area contributed by atoms with E-state index < -0.39 is 0 Å². The van der Waals surface area contributed by atoms with Gasteiger partial charge < -0.3 is 9.80 Å². The van der Waals surface area contributed by atoms with Crippen molar-refractivity contribution in [1.29, 1.82) is 0 Å². The van der Waals surface area contributed by atoms with Gasteiger partial charge in [-0.2, -0.15) is 12.6 Å². The standard InChI is InChI=1S/C14H22N2O2S/c17-12-8-15(9-14(10-19)5-1-2-6-14)13(18)11-4-3-7-16(11)12/h11,19H,1-10H2. The largest absolute Gasteiger partial charge is 0.331 e. The second-order valence-corrected chi connectivity index (χ2v) is 6.62. The van der Waals surface area contributed by atoms with Gasteiger partial charge in [-0.15, -0.1) is 0 Å². The Balaban J connectivity index is 1.74. The van der Waals surface area contributed by atoms with E-state index in [-0.39, 0.29) is 29.8 Å². The lowest BCUT2D eigenvalue weighted by Crippen LogP contribution is -2.59. The van der Waals surface area contributed by atoms with Crippen LogP contribution in [-0.4, -0.2) is 53.0 Å². The quantitative estimate of drug-likeness (QED) is 0.793. The summed E-state index contributed by atoms with van der Waals surface area (Å²) in [6.07, 6.45) is 6.55. The molecule has 3 aliphatic rings. The third-order valence-electron chi connectivity index (χ3n) is 5.02. The summed E-state index contributed by atoms with van der Waals surface area (Å²) in [4.78, 5) is 28.2. The maximum absolute atomic E-state index is 12.5. The van der Waals surface area contributed by atoms with Crippen molar-refractivity contribution in [3.05, 3.63) is 0 Å². The molecule has 2 amide bonds. The van der Waals surface area contributed by atoms with Crippen LogP contribution < -0.4 is 0 Å². The van der Waals surface area contributed by atoms with E-state index in [1.165, 1.54) is 12.8 Å². The van der Waals surface area contributed by atoms with Crippen LogP contribution in [0, 0.1) is 5.41 Å². The van der Waals surface area contributed by atoms with Crippen molar-refractivity contribution in [2.45, 2.75) is 44.6 Å². The van der Waals surface area contributed by atoms with E-state index in [0.29, 0.717) is 0 Å². The van der Waals surface area contributed by atoms with E-state index >= 15 is 0 Å². The van der Waals surface area contributed by atoms with Gasteiger partial charge in [0.25, 0.3) is 0 Å². The Morgan fingerprint density at radius 2 is 1.95 bits per heavy atom. The molecule has 4 nitrogen and oxygen atoms in total. The highest BCUT2D eigenvalue weighted by atomic mass is 32.1. The monoisotopic (exact) mass is 282 g/mol. The van der Waals surface area contributed by atoms with Gasteiger partial charge in [0.2, 0.25) is 11.8 Å². The lowest BCUT2D eigenvalue weighted by Gasteiger charge is -2.41. The van der Waals surface area contributed by atoms with Crippen molar-refractivity contribution < 1.29 is 9.59 Å². The molecular weight excluding hydrogens is 260 g/mol. The van der Waals surface area contributed by atoms with E-state index in [9.17, 15) is 9.59 Å². The van der Waals surface area contributed by atoms with Gasteiger partial charge in [-0.1, -0.05) is 12.8 Å². The molecule has 2 heterocycles. The van der Waals surface area contributed by atoms with Crippen LogP contribution in [0.15, 0.2) is 0 Å². The number of nitrogens with zero attached hydrogens (tertiary/aromatic N) is 2. The van der Waals surface area contributed by atoms with Gasteiger partial charge in [0.15, 0.2) is 0 Å². The summed E-state index contributed by atoms with van der Waals surface area (Å²) in [5.41, 5.74) is 0.153. The van der Waals surface area contributed by atoms with Crippen molar-refractivity contribution >= 4 is 24.4 Å². The molecule has 2 saturated heterocycles. The Morgan fingerprint density at radius 1 is 1.21 bits per heavy atom. The average molecular weight is 282 g/mol. The molecule has 1 atom stereocenters. The highest BCUT2D eigenvalue weighted by Crippen LogP contribution is 2.40. The van der Waals surface area contributed by atoms with E-state index in [2.05, 4.69) is 12.6 Å². The lowest BCUT2D eigenvalue weighted by atomic mass is 9.87. The molecule has 0 N–H and O–H groups in total. The number of piperazine rings is 1. The number of carbonyl (C=O) groups is 2. The summed E-state index contributed by atoms with van der Waals surface area (Å²) in [5.74, 6) is 1.12. The van der Waals surface area contributed by atoms with Crippen LogP contribution in [0.4, 0.5) is 0 Å². The fourth-order valence-electron chi connectivity index (χ4n) is 3.89. The molecule has 0 aromatic heterocycles. The van der Waals surface area contributed by atoms with Gasteiger partial charge in [-0.25, -0.2) is 0 Å². The highest BCUT2D eigenvalue weighted by molar-refractivity contribution is 7.80. The first-order valence-electron chi connectivity index (χ1n) is 7.34. The molecule has 1 aliphatic carbocycles. The zero-order valence-corrected chi connectivity index (χ0v) is 12.2. The highest BCUT2D eigenvalue weighted by Gasteiger charge is 2.44. The SMILES string of the molecule is O=C1C2CCCN2C(=O)CN1CC1(CS)CCCC1. The Hall–Kier alpha value is -0.710. The molecule has 2 aliphatic heterocycles. The topological polar surface area (TPSA) is 40.6 Å². The second kappa shape index (κ2) is 5.00. The first kappa shape index (κ1) is 13.3. The minimum Gasteiger partial charge on any atom is -0.331 e. The molecule has 0 aromatic rings. The van der Waals surface area contributed by atoms with Gasteiger partial charge in [0, 0.05) is 13.1 Å². The molecule has 0 aromatic carbocycles. The average Bonchev–Trinajstić information content (AvgIpc) is 3.05. The maximum Gasteiger partial charge on any atom is 0.245 e. The first-order valence-corrected chi connectivity index (χ1v) is 7.98. The minimum absolute atomic E-state index is 0.134. The number of hydrogen-bond acceptors (Lipinski definition) is 3. The molecule has 106 valence electrons. The Labute approximate surface area is 119 Å². The predicted molar refractivity (Wildman–Crippen MR) is 76.1 cm³/mol. The van der Waals surface area contributed by atoms with Crippen LogP contribution in [0.2, 0.25) is 0 Å². The van der Waals surface area contributed by atoms with E-state index in [1.54, 1.807) is 4.90 Å². The van der Waals surface area contributed by atoms with Crippen molar-refractivity contribution in [3.63, 3.8) is 0 Å². The molecule has 19 heavy (non-hydrogen) atoms. The van der Waals surface area contributed by atoms with Crippen molar-refractivity contribution in [1.82, 2.24) is 9.80 Å². The number of fused-ring (bicyclic) bond motifs is 1. The van der Waals surface area contributed by atoms with Crippen LogP contribution in [0.1, 0.15) is 38.5 Å². The molecule has 1 saturated carbocycles. The molecule has 1 unspecified atom stereocenters. The molecule has 0 bridgehead atoms. The van der Waals surface area contributed by atoms with Gasteiger partial charge in [0.1, 0.15) is 6.04 Å². The maximum atomic E-state index is 12.5. The summed E-state index contributed by atoms with van der Waals surface area (Å²) in [7, 11) is 0. The number of hydrogen-bond donors (Lipinski definition) is 1. The number of carbonyl (C=O) groups excluding carboxylic acids is 2. The second-order valence-electron chi connectivity index (χ2n) is 6.30. The Bertz CT molecular complexity index is 393. The zero-order valence-electron chi connectivity index (χ0n) is 11.3. The van der Waals surface area contributed by atoms with Gasteiger partial charge in [-0.05, 0) is 36.9 Å². The van der Waals surface area contributed by atoms with Gasteiger partial charge in [-0.3, -0.25) is 9.59 Å². The van der Waals surface area contributed by atoms with E-state index in [1.807, 2.05) is 4.90 Å². The summed E-state index contributed by atoms with van der Waals surface area (Å²) >= 11 is 4.50. The molecular formula is C14H22N2O2S. The first-order chi connectivity index (χ1) is 9.15. The predicted octanol–water partition coefficient (Wildman–Crippen LogP) is 1.31. The summed E-state index contributed by atoms with van der Waals surface area (Å²) in [6.45, 7) is 1.77.